The third-order valence-electron chi connectivity index (χ3n) is 4.08. The molecule has 5 nitrogen and oxygen atoms in total. The van der Waals surface area contributed by atoms with Crippen LogP contribution in [0.25, 0.3) is 0 Å². The van der Waals surface area contributed by atoms with Gasteiger partial charge in [0.1, 0.15) is 0 Å². The van der Waals surface area contributed by atoms with Crippen molar-refractivity contribution in [1.82, 2.24) is 0 Å². The van der Waals surface area contributed by atoms with E-state index in [0.717, 1.165) is 44.3 Å². The van der Waals surface area contributed by atoms with Crippen molar-refractivity contribution in [1.29, 1.82) is 0 Å². The van der Waals surface area contributed by atoms with Gasteiger partial charge in [-0.05, 0) is 50.2 Å². The third-order valence-corrected chi connectivity index (χ3v) is 4.08. The van der Waals surface area contributed by atoms with E-state index < -0.39 is 0 Å². The first kappa shape index (κ1) is 17.9. The molecular formula is C18H26O5. The summed E-state index contributed by atoms with van der Waals surface area (Å²) in [7, 11) is 1.40. The number of carbonyl (C=O) groups is 2. The van der Waals surface area contributed by atoms with Crippen molar-refractivity contribution in [2.24, 2.45) is 0 Å². The minimum Gasteiger partial charge on any atom is -0.469 e. The predicted octanol–water partition coefficient (Wildman–Crippen LogP) is 3.09. The highest BCUT2D eigenvalue weighted by molar-refractivity contribution is 5.98. The van der Waals surface area contributed by atoms with Crippen molar-refractivity contribution in [3.63, 3.8) is 0 Å². The van der Waals surface area contributed by atoms with Gasteiger partial charge in [-0.1, -0.05) is 12.2 Å². The highest BCUT2D eigenvalue weighted by Gasteiger charge is 2.27. The van der Waals surface area contributed by atoms with E-state index in [1.54, 1.807) is 0 Å². The number of hydrogen-bond acceptors (Lipinski definition) is 5. The lowest BCUT2D eigenvalue weighted by Crippen LogP contribution is -2.26. The number of ether oxygens (including phenoxy) is 3. The zero-order valence-electron chi connectivity index (χ0n) is 13.8. The summed E-state index contributed by atoms with van der Waals surface area (Å²) in [6.07, 6.45) is 11.8. The molecule has 0 radical (unpaired) electrons. The molecular weight excluding hydrogens is 296 g/mol. The molecule has 0 N–H and O–H groups in total. The molecule has 0 amide bonds. The Morgan fingerprint density at radius 2 is 2.26 bits per heavy atom. The fraction of sp³-hybridized carbons (Fsp3) is 0.667. The Morgan fingerprint density at radius 1 is 1.39 bits per heavy atom. The second-order valence-electron chi connectivity index (χ2n) is 5.93. The average Bonchev–Trinajstić information content (AvgIpc) is 2.91. The number of ketones is 1. The molecule has 1 heterocycles. The second kappa shape index (κ2) is 9.63. The van der Waals surface area contributed by atoms with Crippen LogP contribution in [0.2, 0.25) is 0 Å². The molecule has 0 bridgehead atoms. The lowest BCUT2D eigenvalue weighted by molar-refractivity contribution is -0.178. The van der Waals surface area contributed by atoms with Gasteiger partial charge in [-0.15, -0.1) is 0 Å². The van der Waals surface area contributed by atoms with Crippen molar-refractivity contribution in [2.45, 2.75) is 63.8 Å². The number of esters is 1. The summed E-state index contributed by atoms with van der Waals surface area (Å²) in [5.74, 6) is -0.0259. The maximum Gasteiger partial charge on any atom is 0.305 e. The van der Waals surface area contributed by atoms with E-state index in [1.165, 1.54) is 7.11 Å². The van der Waals surface area contributed by atoms with Crippen LogP contribution in [0.5, 0.6) is 0 Å². The van der Waals surface area contributed by atoms with Crippen molar-refractivity contribution in [3.8, 4) is 0 Å². The maximum absolute atomic E-state index is 12.0. The number of allylic oxidation sites excluding steroid dienone is 3. The van der Waals surface area contributed by atoms with Crippen molar-refractivity contribution in [3.05, 3.63) is 23.8 Å². The Bertz CT molecular complexity index is 460. The molecule has 0 unspecified atom stereocenters. The zero-order chi connectivity index (χ0) is 16.5. The number of rotatable bonds is 8. The van der Waals surface area contributed by atoms with Gasteiger partial charge in [0.25, 0.3) is 0 Å². The van der Waals surface area contributed by atoms with E-state index >= 15 is 0 Å². The van der Waals surface area contributed by atoms with Crippen molar-refractivity contribution >= 4 is 11.8 Å². The SMILES string of the molecule is COC(=O)CCC/C=C\CC1=C[C@@H](O[C@@H]2CCCCO2)CC1=O. The molecule has 0 aromatic carbocycles. The van der Waals surface area contributed by atoms with Crippen LogP contribution in [0.1, 0.15) is 51.4 Å². The van der Waals surface area contributed by atoms with Gasteiger partial charge in [0.05, 0.1) is 13.2 Å². The van der Waals surface area contributed by atoms with Crippen molar-refractivity contribution in [2.75, 3.05) is 13.7 Å². The number of carbonyl (C=O) groups excluding carboxylic acids is 2. The average molecular weight is 322 g/mol. The summed E-state index contributed by atoms with van der Waals surface area (Å²) in [4.78, 5) is 23.0. The molecule has 2 atom stereocenters. The highest BCUT2D eigenvalue weighted by atomic mass is 16.7. The van der Waals surface area contributed by atoms with Crippen molar-refractivity contribution < 1.29 is 23.8 Å². The molecule has 1 aliphatic carbocycles. The van der Waals surface area contributed by atoms with Crippen LogP contribution in [0.15, 0.2) is 23.8 Å². The van der Waals surface area contributed by atoms with E-state index in [0.29, 0.717) is 19.3 Å². The Morgan fingerprint density at radius 3 is 3.00 bits per heavy atom. The fourth-order valence-electron chi connectivity index (χ4n) is 2.77. The van der Waals surface area contributed by atoms with Crippen LogP contribution in [-0.2, 0) is 23.8 Å². The monoisotopic (exact) mass is 322 g/mol. The molecule has 1 fully saturated rings. The summed E-state index contributed by atoms with van der Waals surface area (Å²) < 4.78 is 16.0. The number of Topliss-reactive ketones (excluding diaryl/α,β-unsaturated/α-hetero) is 1. The van der Waals surface area contributed by atoms with Gasteiger partial charge in [-0.3, -0.25) is 9.59 Å². The smallest absolute Gasteiger partial charge is 0.305 e. The van der Waals surface area contributed by atoms with Crippen LogP contribution in [0, 0.1) is 0 Å². The van der Waals surface area contributed by atoms with Crippen LogP contribution in [-0.4, -0.2) is 37.9 Å². The van der Waals surface area contributed by atoms with Gasteiger partial charge in [-0.2, -0.15) is 0 Å². The molecule has 0 saturated carbocycles. The number of hydrogen-bond donors (Lipinski definition) is 0. The molecule has 23 heavy (non-hydrogen) atoms. The molecule has 5 heteroatoms. The Kier molecular flexibility index (Phi) is 7.49. The predicted molar refractivity (Wildman–Crippen MR) is 85.8 cm³/mol. The van der Waals surface area contributed by atoms with Crippen LogP contribution in [0.3, 0.4) is 0 Å². The topological polar surface area (TPSA) is 61.8 Å². The Balaban J connectivity index is 1.68. The summed E-state index contributed by atoms with van der Waals surface area (Å²) >= 11 is 0. The minimum absolute atomic E-state index is 0.145. The largest absolute Gasteiger partial charge is 0.469 e. The lowest BCUT2D eigenvalue weighted by Gasteiger charge is -2.24. The lowest BCUT2D eigenvalue weighted by atomic mass is 10.1. The summed E-state index contributed by atoms with van der Waals surface area (Å²) in [5.41, 5.74) is 0.815. The molecule has 1 aliphatic heterocycles. The minimum atomic E-state index is -0.183. The molecule has 0 aromatic heterocycles. The quantitative estimate of drug-likeness (QED) is 0.390. The molecule has 2 aliphatic rings. The molecule has 0 aromatic rings. The molecule has 128 valence electrons. The summed E-state index contributed by atoms with van der Waals surface area (Å²) in [5, 5.41) is 0. The summed E-state index contributed by atoms with van der Waals surface area (Å²) in [6, 6.07) is 0. The normalized spacial score (nSPS) is 24.9. The standard InChI is InChI=1S/C18H26O5/c1-21-17(20)9-5-3-2-4-8-14-12-15(13-16(14)19)23-18-10-6-7-11-22-18/h2,4,12,15,18H,3,5-11,13H2,1H3/b4-2-/t15-,18-/m1/s1. The van der Waals surface area contributed by atoms with Crippen LogP contribution < -0.4 is 0 Å². The first-order chi connectivity index (χ1) is 11.2. The van der Waals surface area contributed by atoms with Gasteiger partial charge in [-0.25, -0.2) is 0 Å². The number of unbranched alkanes of at least 4 members (excludes halogenated alkanes) is 1. The van der Waals surface area contributed by atoms with Crippen LogP contribution in [0.4, 0.5) is 0 Å². The van der Waals surface area contributed by atoms with Crippen LogP contribution >= 0.6 is 0 Å². The first-order valence-corrected chi connectivity index (χ1v) is 8.42. The van der Waals surface area contributed by atoms with E-state index in [4.69, 9.17) is 9.47 Å². The van der Waals surface area contributed by atoms with E-state index in [2.05, 4.69) is 4.74 Å². The first-order valence-electron chi connectivity index (χ1n) is 8.42. The van der Waals surface area contributed by atoms with Gasteiger partial charge in [0.2, 0.25) is 0 Å². The van der Waals surface area contributed by atoms with E-state index in [1.807, 2.05) is 18.2 Å². The van der Waals surface area contributed by atoms with E-state index in [-0.39, 0.29) is 24.1 Å². The Labute approximate surface area is 137 Å². The molecule has 1 saturated heterocycles. The van der Waals surface area contributed by atoms with E-state index in [9.17, 15) is 9.59 Å². The third kappa shape index (κ3) is 6.28. The van der Waals surface area contributed by atoms with Gasteiger partial charge < -0.3 is 14.2 Å². The molecule has 0 spiro atoms. The number of methoxy groups -OCH3 is 1. The van der Waals surface area contributed by atoms with Gasteiger partial charge in [0, 0.05) is 19.4 Å². The Hall–Kier alpha value is -1.46. The maximum atomic E-state index is 12.0. The van der Waals surface area contributed by atoms with Gasteiger partial charge in [0.15, 0.2) is 12.1 Å². The van der Waals surface area contributed by atoms with Gasteiger partial charge >= 0.3 is 5.97 Å². The zero-order valence-corrected chi connectivity index (χ0v) is 13.8. The molecule has 2 rings (SSSR count). The fourth-order valence-corrected chi connectivity index (χ4v) is 2.77. The highest BCUT2D eigenvalue weighted by Crippen LogP contribution is 2.24. The summed E-state index contributed by atoms with van der Waals surface area (Å²) in [6.45, 7) is 0.746. The second-order valence-corrected chi connectivity index (χ2v) is 5.93.